The maximum atomic E-state index is 13.5. The Hall–Kier alpha value is -1.49. The molecular weight excluding hydrogens is 215 g/mol. The minimum absolute atomic E-state index is 0.186. The molecule has 1 amide bonds. The Kier molecular flexibility index (Phi) is 2.40. The van der Waals surface area contributed by atoms with Crippen LogP contribution < -0.4 is 5.73 Å². The molecule has 3 nitrogen and oxygen atoms in total. The zero-order valence-corrected chi connectivity index (χ0v) is 8.90. The first-order valence-electron chi connectivity index (χ1n) is 4.50. The van der Waals surface area contributed by atoms with Crippen LogP contribution in [-0.2, 0) is 6.42 Å². The van der Waals surface area contributed by atoms with Gasteiger partial charge in [-0.05, 0) is 18.6 Å². The molecule has 0 aliphatic rings. The second-order valence-electron chi connectivity index (χ2n) is 3.13. The van der Waals surface area contributed by atoms with Crippen molar-refractivity contribution in [3.8, 4) is 0 Å². The molecule has 0 saturated carbocycles. The number of fused-ring (bicyclic) bond motifs is 1. The Morgan fingerprint density at radius 2 is 2.33 bits per heavy atom. The number of primary amides is 1. The van der Waals surface area contributed by atoms with Crippen LogP contribution in [0, 0.1) is 5.82 Å². The molecule has 0 saturated heterocycles. The molecule has 0 spiro atoms. The molecule has 0 atom stereocenters. The maximum Gasteiger partial charge on any atom is 0.248 e. The van der Waals surface area contributed by atoms with Crippen molar-refractivity contribution in [2.24, 2.45) is 5.73 Å². The van der Waals surface area contributed by atoms with Crippen LogP contribution in [0.15, 0.2) is 12.1 Å². The van der Waals surface area contributed by atoms with Crippen molar-refractivity contribution in [1.82, 2.24) is 4.98 Å². The molecular formula is C10H9FN2OS. The smallest absolute Gasteiger partial charge is 0.248 e. The summed E-state index contributed by atoms with van der Waals surface area (Å²) in [4.78, 5) is 15.0. The molecule has 1 aromatic heterocycles. The van der Waals surface area contributed by atoms with E-state index < -0.39 is 11.7 Å². The Morgan fingerprint density at radius 1 is 1.60 bits per heavy atom. The summed E-state index contributed by atoms with van der Waals surface area (Å²) in [5.74, 6) is -1.11. The molecule has 2 rings (SSSR count). The van der Waals surface area contributed by atoms with Crippen LogP contribution in [-0.4, -0.2) is 10.9 Å². The number of carbonyl (C=O) groups is 1. The van der Waals surface area contributed by atoms with Crippen LogP contribution in [0.1, 0.15) is 22.3 Å². The monoisotopic (exact) mass is 224 g/mol. The number of rotatable bonds is 2. The second-order valence-corrected chi connectivity index (χ2v) is 4.25. The highest BCUT2D eigenvalue weighted by Gasteiger charge is 2.11. The van der Waals surface area contributed by atoms with E-state index in [0.717, 1.165) is 17.5 Å². The van der Waals surface area contributed by atoms with Crippen LogP contribution in [0.25, 0.3) is 10.2 Å². The zero-order chi connectivity index (χ0) is 11.0. The number of benzene rings is 1. The number of carbonyl (C=O) groups excluding carboxylic acids is 1. The molecule has 15 heavy (non-hydrogen) atoms. The molecule has 2 N–H and O–H groups in total. The first-order valence-corrected chi connectivity index (χ1v) is 5.32. The predicted octanol–water partition coefficient (Wildman–Crippen LogP) is 2.10. The van der Waals surface area contributed by atoms with Crippen LogP contribution in [0.3, 0.4) is 0 Å². The molecule has 2 aromatic rings. The molecule has 0 fully saturated rings. The first-order chi connectivity index (χ1) is 7.11. The summed E-state index contributed by atoms with van der Waals surface area (Å²) < 4.78 is 14.2. The molecule has 0 radical (unpaired) electrons. The molecule has 0 aliphatic heterocycles. The number of hydrogen-bond acceptors (Lipinski definition) is 3. The number of nitrogens with two attached hydrogens (primary N) is 1. The van der Waals surface area contributed by atoms with Crippen molar-refractivity contribution in [2.45, 2.75) is 13.3 Å². The van der Waals surface area contributed by atoms with Gasteiger partial charge in [-0.2, -0.15) is 0 Å². The fourth-order valence-corrected chi connectivity index (χ4v) is 2.29. The standard InChI is InChI=1S/C10H9FN2OS/c1-2-8-13-9-6(11)3-5(10(12)14)4-7(9)15-8/h3-4H,2H2,1H3,(H2,12,14). The van der Waals surface area contributed by atoms with Gasteiger partial charge in [-0.15, -0.1) is 11.3 Å². The van der Waals surface area contributed by atoms with Crippen LogP contribution >= 0.6 is 11.3 Å². The lowest BCUT2D eigenvalue weighted by Gasteiger charge is -1.95. The van der Waals surface area contributed by atoms with E-state index in [-0.39, 0.29) is 5.56 Å². The molecule has 1 aromatic carbocycles. The largest absolute Gasteiger partial charge is 0.366 e. The lowest BCUT2D eigenvalue weighted by atomic mass is 10.2. The first kappa shape index (κ1) is 10.0. The number of nitrogens with zero attached hydrogens (tertiary/aromatic N) is 1. The number of hydrogen-bond donors (Lipinski definition) is 1. The van der Waals surface area contributed by atoms with Crippen LogP contribution in [0.4, 0.5) is 4.39 Å². The minimum atomic E-state index is -0.623. The number of amides is 1. The number of halogens is 1. The topological polar surface area (TPSA) is 56.0 Å². The van der Waals surface area contributed by atoms with E-state index in [1.807, 2.05) is 6.92 Å². The summed E-state index contributed by atoms with van der Waals surface area (Å²) in [5, 5.41) is 0.852. The summed E-state index contributed by atoms with van der Waals surface area (Å²) in [6.07, 6.45) is 0.755. The summed E-state index contributed by atoms with van der Waals surface area (Å²) in [5.41, 5.74) is 5.60. The fraction of sp³-hybridized carbons (Fsp3) is 0.200. The molecule has 78 valence electrons. The number of aryl methyl sites for hydroxylation is 1. The average Bonchev–Trinajstić information content (AvgIpc) is 2.61. The van der Waals surface area contributed by atoms with Gasteiger partial charge in [0.2, 0.25) is 5.91 Å². The van der Waals surface area contributed by atoms with Crippen molar-refractivity contribution in [3.63, 3.8) is 0 Å². The number of thiazole rings is 1. The van der Waals surface area contributed by atoms with Gasteiger partial charge < -0.3 is 5.73 Å². The normalized spacial score (nSPS) is 10.8. The highest BCUT2D eigenvalue weighted by atomic mass is 32.1. The zero-order valence-electron chi connectivity index (χ0n) is 8.08. The van der Waals surface area contributed by atoms with Gasteiger partial charge in [0.05, 0.1) is 9.71 Å². The third-order valence-corrected chi connectivity index (χ3v) is 3.23. The lowest BCUT2D eigenvalue weighted by molar-refractivity contribution is 0.1000. The fourth-order valence-electron chi connectivity index (χ4n) is 1.33. The highest BCUT2D eigenvalue weighted by Crippen LogP contribution is 2.26. The summed E-state index contributed by atoms with van der Waals surface area (Å²) in [7, 11) is 0. The van der Waals surface area contributed by atoms with E-state index in [0.29, 0.717) is 10.2 Å². The van der Waals surface area contributed by atoms with Crippen molar-refractivity contribution < 1.29 is 9.18 Å². The molecule has 0 aliphatic carbocycles. The van der Waals surface area contributed by atoms with E-state index in [1.165, 1.54) is 11.3 Å². The molecule has 5 heteroatoms. The van der Waals surface area contributed by atoms with Gasteiger partial charge in [0.25, 0.3) is 0 Å². The maximum absolute atomic E-state index is 13.5. The quantitative estimate of drug-likeness (QED) is 0.849. The van der Waals surface area contributed by atoms with E-state index >= 15 is 0 Å². The van der Waals surface area contributed by atoms with E-state index in [1.54, 1.807) is 6.07 Å². The van der Waals surface area contributed by atoms with Gasteiger partial charge in [0, 0.05) is 5.56 Å². The SMILES string of the molecule is CCc1nc2c(F)cc(C(N)=O)cc2s1. The van der Waals surface area contributed by atoms with E-state index in [2.05, 4.69) is 4.98 Å². The third kappa shape index (κ3) is 1.70. The van der Waals surface area contributed by atoms with Crippen LogP contribution in [0.5, 0.6) is 0 Å². The summed E-state index contributed by atoms with van der Waals surface area (Å²) >= 11 is 1.38. The van der Waals surface area contributed by atoms with Crippen molar-refractivity contribution in [2.75, 3.05) is 0 Å². The summed E-state index contributed by atoms with van der Waals surface area (Å²) in [6, 6.07) is 2.71. The van der Waals surface area contributed by atoms with Crippen molar-refractivity contribution >= 4 is 27.5 Å². The Balaban J connectivity index is 2.70. The van der Waals surface area contributed by atoms with Gasteiger partial charge in [0.15, 0.2) is 5.82 Å². The van der Waals surface area contributed by atoms with Crippen molar-refractivity contribution in [1.29, 1.82) is 0 Å². The van der Waals surface area contributed by atoms with Gasteiger partial charge in [-0.25, -0.2) is 9.37 Å². The van der Waals surface area contributed by atoms with E-state index in [4.69, 9.17) is 5.73 Å². The van der Waals surface area contributed by atoms with Gasteiger partial charge in [-0.3, -0.25) is 4.79 Å². The lowest BCUT2D eigenvalue weighted by Crippen LogP contribution is -2.10. The summed E-state index contributed by atoms with van der Waals surface area (Å²) in [6.45, 7) is 1.95. The Morgan fingerprint density at radius 3 is 2.93 bits per heavy atom. The highest BCUT2D eigenvalue weighted by molar-refractivity contribution is 7.18. The Labute approximate surface area is 89.7 Å². The van der Waals surface area contributed by atoms with Gasteiger partial charge in [-0.1, -0.05) is 6.92 Å². The van der Waals surface area contributed by atoms with Crippen molar-refractivity contribution in [3.05, 3.63) is 28.5 Å². The van der Waals surface area contributed by atoms with Crippen LogP contribution in [0.2, 0.25) is 0 Å². The Bertz CT molecular complexity index is 535. The molecule has 0 bridgehead atoms. The molecule has 1 heterocycles. The second kappa shape index (κ2) is 3.58. The average molecular weight is 224 g/mol. The number of aromatic nitrogens is 1. The van der Waals surface area contributed by atoms with Gasteiger partial charge in [0.1, 0.15) is 5.52 Å². The van der Waals surface area contributed by atoms with Gasteiger partial charge >= 0.3 is 0 Å². The predicted molar refractivity (Wildman–Crippen MR) is 57.5 cm³/mol. The third-order valence-electron chi connectivity index (χ3n) is 2.08. The minimum Gasteiger partial charge on any atom is -0.366 e. The van der Waals surface area contributed by atoms with E-state index in [9.17, 15) is 9.18 Å². The molecule has 0 unspecified atom stereocenters.